The van der Waals surface area contributed by atoms with E-state index in [0.717, 1.165) is 11.8 Å². The van der Waals surface area contributed by atoms with E-state index >= 15 is 0 Å². The van der Waals surface area contributed by atoms with Gasteiger partial charge in [0.1, 0.15) is 0 Å². The van der Waals surface area contributed by atoms with Gasteiger partial charge in [0.25, 0.3) is 5.91 Å². The zero-order valence-corrected chi connectivity index (χ0v) is 13.0. The molecule has 0 aliphatic rings. The number of hydrogen-bond donors (Lipinski definition) is 3. The minimum absolute atomic E-state index is 0.159. The van der Waals surface area contributed by atoms with Crippen molar-refractivity contribution in [1.29, 1.82) is 0 Å². The molecule has 6 nitrogen and oxygen atoms in total. The summed E-state index contributed by atoms with van der Waals surface area (Å²) in [7, 11) is -3.34. The molecule has 1 aromatic rings. The summed E-state index contributed by atoms with van der Waals surface area (Å²) in [6.07, 6.45) is 1.08. The predicted molar refractivity (Wildman–Crippen MR) is 80.0 cm³/mol. The normalized spacial score (nSPS) is 12.2. The van der Waals surface area contributed by atoms with Crippen molar-refractivity contribution in [2.24, 2.45) is 0 Å². The fourth-order valence-electron chi connectivity index (χ4n) is 1.81. The second kappa shape index (κ2) is 5.80. The minimum atomic E-state index is -3.34. The Morgan fingerprint density at radius 3 is 2.50 bits per heavy atom. The molecule has 112 valence electrons. The number of benzene rings is 1. The number of nitrogens with one attached hydrogen (secondary N) is 2. The second-order valence-electron chi connectivity index (χ2n) is 5.48. The summed E-state index contributed by atoms with van der Waals surface area (Å²) in [6, 6.07) is 5.20. The lowest BCUT2D eigenvalue weighted by Crippen LogP contribution is -2.51. The molecular weight excluding hydrogens is 278 g/mol. The van der Waals surface area contributed by atoms with Crippen molar-refractivity contribution in [3.8, 4) is 0 Å². The van der Waals surface area contributed by atoms with E-state index in [0.29, 0.717) is 11.3 Å². The Kier molecular flexibility index (Phi) is 4.77. The number of amides is 1. The third kappa shape index (κ3) is 4.82. The average molecular weight is 299 g/mol. The summed E-state index contributed by atoms with van der Waals surface area (Å²) in [5, 5.41) is 2.68. The van der Waals surface area contributed by atoms with E-state index in [1.165, 1.54) is 0 Å². The monoisotopic (exact) mass is 299 g/mol. The molecule has 0 unspecified atom stereocenters. The van der Waals surface area contributed by atoms with Crippen LogP contribution in [0.5, 0.6) is 0 Å². The number of nitrogen functional groups attached to an aromatic ring is 1. The standard InChI is InChI=1S/C13H21N3O3S/c1-9-6-5-7-10(11(9)14)12(17)15-8-13(2,3)16-20(4,18)19/h5-7,16H,8,14H2,1-4H3,(H,15,17). The molecule has 0 aromatic heterocycles. The summed E-state index contributed by atoms with van der Waals surface area (Å²) in [6.45, 7) is 5.36. The number of sulfonamides is 1. The van der Waals surface area contributed by atoms with Gasteiger partial charge in [-0.1, -0.05) is 12.1 Å². The number of carbonyl (C=O) groups is 1. The van der Waals surface area contributed by atoms with E-state index in [1.54, 1.807) is 26.0 Å². The molecule has 0 spiro atoms. The fourth-order valence-corrected chi connectivity index (χ4v) is 2.89. The first kappa shape index (κ1) is 16.5. The van der Waals surface area contributed by atoms with Gasteiger partial charge in [-0.15, -0.1) is 0 Å². The van der Waals surface area contributed by atoms with Crippen LogP contribution < -0.4 is 15.8 Å². The molecule has 0 atom stereocenters. The van der Waals surface area contributed by atoms with Gasteiger partial charge in [0.05, 0.1) is 11.8 Å². The van der Waals surface area contributed by atoms with Crippen molar-refractivity contribution in [2.45, 2.75) is 26.3 Å². The Labute approximate surface area is 119 Å². The number of carbonyl (C=O) groups excluding carboxylic acids is 1. The van der Waals surface area contributed by atoms with Gasteiger partial charge in [-0.3, -0.25) is 4.79 Å². The SMILES string of the molecule is Cc1cccc(C(=O)NCC(C)(C)NS(C)(=O)=O)c1N. The maximum absolute atomic E-state index is 12.1. The van der Waals surface area contributed by atoms with Crippen LogP contribution >= 0.6 is 0 Å². The Morgan fingerprint density at radius 2 is 1.95 bits per heavy atom. The topological polar surface area (TPSA) is 101 Å². The van der Waals surface area contributed by atoms with Crippen molar-refractivity contribution in [1.82, 2.24) is 10.0 Å². The maximum Gasteiger partial charge on any atom is 0.253 e. The quantitative estimate of drug-likeness (QED) is 0.694. The van der Waals surface area contributed by atoms with Crippen LogP contribution in [0.4, 0.5) is 5.69 Å². The molecule has 7 heteroatoms. The molecule has 1 aromatic carbocycles. The van der Waals surface area contributed by atoms with E-state index in [2.05, 4.69) is 10.0 Å². The highest BCUT2D eigenvalue weighted by Crippen LogP contribution is 2.16. The molecule has 0 aliphatic carbocycles. The zero-order valence-electron chi connectivity index (χ0n) is 12.1. The van der Waals surface area contributed by atoms with Gasteiger partial charge in [-0.2, -0.15) is 0 Å². The number of rotatable bonds is 5. The van der Waals surface area contributed by atoms with E-state index in [1.807, 2.05) is 13.0 Å². The van der Waals surface area contributed by atoms with Crippen LogP contribution in [0.2, 0.25) is 0 Å². The highest BCUT2D eigenvalue weighted by molar-refractivity contribution is 7.88. The lowest BCUT2D eigenvalue weighted by atomic mass is 10.1. The number of aryl methyl sites for hydroxylation is 1. The highest BCUT2D eigenvalue weighted by Gasteiger charge is 2.23. The molecule has 4 N–H and O–H groups in total. The van der Waals surface area contributed by atoms with Gasteiger partial charge in [-0.25, -0.2) is 13.1 Å². The Balaban J connectivity index is 2.75. The molecule has 0 bridgehead atoms. The van der Waals surface area contributed by atoms with Crippen LogP contribution in [0.15, 0.2) is 18.2 Å². The van der Waals surface area contributed by atoms with Crippen LogP contribution in [-0.4, -0.2) is 32.7 Å². The van der Waals surface area contributed by atoms with Crippen LogP contribution in [-0.2, 0) is 10.0 Å². The van der Waals surface area contributed by atoms with Crippen LogP contribution in [0.3, 0.4) is 0 Å². The van der Waals surface area contributed by atoms with Gasteiger partial charge in [0.15, 0.2) is 0 Å². The first-order valence-electron chi connectivity index (χ1n) is 6.14. The third-order valence-corrected chi connectivity index (χ3v) is 3.64. The Bertz CT molecular complexity index is 609. The largest absolute Gasteiger partial charge is 0.398 e. The molecule has 1 rings (SSSR count). The molecule has 0 saturated heterocycles. The Morgan fingerprint density at radius 1 is 1.35 bits per heavy atom. The van der Waals surface area contributed by atoms with Gasteiger partial charge >= 0.3 is 0 Å². The van der Waals surface area contributed by atoms with Crippen LogP contribution in [0.1, 0.15) is 29.8 Å². The molecule has 0 heterocycles. The first-order chi connectivity index (χ1) is 9.02. The van der Waals surface area contributed by atoms with Crippen molar-refractivity contribution in [2.75, 3.05) is 18.5 Å². The summed E-state index contributed by atoms with van der Waals surface area (Å²) >= 11 is 0. The fraction of sp³-hybridized carbons (Fsp3) is 0.462. The average Bonchev–Trinajstić information content (AvgIpc) is 2.27. The smallest absolute Gasteiger partial charge is 0.253 e. The van der Waals surface area contributed by atoms with Gasteiger partial charge in [-0.05, 0) is 32.4 Å². The van der Waals surface area contributed by atoms with Gasteiger partial charge in [0.2, 0.25) is 10.0 Å². The zero-order chi connectivity index (χ0) is 15.6. The molecule has 0 saturated carbocycles. The van der Waals surface area contributed by atoms with Crippen LogP contribution in [0, 0.1) is 6.92 Å². The summed E-state index contributed by atoms with van der Waals surface area (Å²) in [4.78, 5) is 12.1. The second-order valence-corrected chi connectivity index (χ2v) is 7.23. The summed E-state index contributed by atoms with van der Waals surface area (Å²) in [5.41, 5.74) is 6.72. The van der Waals surface area contributed by atoms with Crippen molar-refractivity contribution >= 4 is 21.6 Å². The predicted octanol–water partition coefficient (Wildman–Crippen LogP) is 0.635. The van der Waals surface area contributed by atoms with Crippen LogP contribution in [0.25, 0.3) is 0 Å². The molecule has 20 heavy (non-hydrogen) atoms. The molecular formula is C13H21N3O3S. The number of para-hydroxylation sites is 1. The van der Waals surface area contributed by atoms with E-state index < -0.39 is 15.6 Å². The molecule has 0 radical (unpaired) electrons. The van der Waals surface area contributed by atoms with Crippen molar-refractivity contribution in [3.63, 3.8) is 0 Å². The maximum atomic E-state index is 12.1. The van der Waals surface area contributed by atoms with E-state index in [4.69, 9.17) is 5.73 Å². The summed E-state index contributed by atoms with van der Waals surface area (Å²) < 4.78 is 24.9. The number of anilines is 1. The Hall–Kier alpha value is -1.60. The number of hydrogen-bond acceptors (Lipinski definition) is 4. The van der Waals surface area contributed by atoms with Gasteiger partial charge in [0, 0.05) is 17.8 Å². The minimum Gasteiger partial charge on any atom is -0.398 e. The number of nitrogens with two attached hydrogens (primary N) is 1. The van der Waals surface area contributed by atoms with Crippen molar-refractivity contribution in [3.05, 3.63) is 29.3 Å². The third-order valence-electron chi connectivity index (χ3n) is 2.72. The molecule has 0 aliphatic heterocycles. The lowest BCUT2D eigenvalue weighted by Gasteiger charge is -2.25. The molecule has 0 fully saturated rings. The molecule has 1 amide bonds. The van der Waals surface area contributed by atoms with E-state index in [9.17, 15) is 13.2 Å². The van der Waals surface area contributed by atoms with E-state index in [-0.39, 0.29) is 12.5 Å². The van der Waals surface area contributed by atoms with Crippen molar-refractivity contribution < 1.29 is 13.2 Å². The lowest BCUT2D eigenvalue weighted by molar-refractivity contribution is 0.0945. The highest BCUT2D eigenvalue weighted by atomic mass is 32.2. The first-order valence-corrected chi connectivity index (χ1v) is 8.03. The summed E-state index contributed by atoms with van der Waals surface area (Å²) in [5.74, 6) is -0.324. The van der Waals surface area contributed by atoms with Gasteiger partial charge < -0.3 is 11.1 Å².